The first kappa shape index (κ1) is 12.0. The summed E-state index contributed by atoms with van der Waals surface area (Å²) >= 11 is 1.76. The van der Waals surface area contributed by atoms with Crippen LogP contribution < -0.4 is 5.32 Å². The van der Waals surface area contributed by atoms with Crippen molar-refractivity contribution in [2.24, 2.45) is 10.9 Å². The van der Waals surface area contributed by atoms with Crippen molar-refractivity contribution in [1.82, 2.24) is 5.32 Å². The lowest BCUT2D eigenvalue weighted by molar-refractivity contribution is 0.664. The molecule has 0 aromatic carbocycles. The van der Waals surface area contributed by atoms with Crippen LogP contribution in [0.3, 0.4) is 0 Å². The summed E-state index contributed by atoms with van der Waals surface area (Å²) in [5.41, 5.74) is 0. The molecule has 0 aromatic rings. The molecule has 0 aromatic heterocycles. The highest BCUT2D eigenvalue weighted by molar-refractivity contribution is 8.13. The van der Waals surface area contributed by atoms with Crippen LogP contribution in [0.2, 0.25) is 0 Å². The maximum absolute atomic E-state index is 11.1. The molecule has 1 N–H and O–H groups in total. The van der Waals surface area contributed by atoms with E-state index in [4.69, 9.17) is 0 Å². The molecule has 0 bridgehead atoms. The van der Waals surface area contributed by atoms with Crippen LogP contribution in [0.5, 0.6) is 0 Å². The van der Waals surface area contributed by atoms with Crippen molar-refractivity contribution in [1.29, 1.82) is 0 Å². The summed E-state index contributed by atoms with van der Waals surface area (Å²) in [6.07, 6.45) is 1.74. The lowest BCUT2D eigenvalue weighted by Gasteiger charge is -2.19. The molecule has 5 heteroatoms. The van der Waals surface area contributed by atoms with Crippen LogP contribution in [-0.4, -0.2) is 39.7 Å². The Kier molecular flexibility index (Phi) is 4.95. The highest BCUT2D eigenvalue weighted by Crippen LogP contribution is 2.15. The van der Waals surface area contributed by atoms with Crippen molar-refractivity contribution in [3.05, 3.63) is 0 Å². The maximum atomic E-state index is 11.1. The Balaban J connectivity index is 2.28. The molecule has 3 atom stereocenters. The van der Waals surface area contributed by atoms with Crippen LogP contribution in [0.1, 0.15) is 13.8 Å². The third kappa shape index (κ3) is 4.00. The van der Waals surface area contributed by atoms with E-state index in [1.165, 1.54) is 0 Å². The molecule has 0 radical (unpaired) electrons. The first-order chi connectivity index (χ1) is 6.59. The molecule has 1 rings (SSSR count). The van der Waals surface area contributed by atoms with Gasteiger partial charge in [0.1, 0.15) is 0 Å². The van der Waals surface area contributed by atoms with E-state index in [9.17, 15) is 4.21 Å². The molecule has 0 spiro atoms. The smallest absolute Gasteiger partial charge is 0.156 e. The van der Waals surface area contributed by atoms with Crippen molar-refractivity contribution in [3.63, 3.8) is 0 Å². The van der Waals surface area contributed by atoms with E-state index in [0.29, 0.717) is 5.92 Å². The van der Waals surface area contributed by atoms with Crippen LogP contribution in [0.4, 0.5) is 0 Å². The second kappa shape index (κ2) is 5.75. The number of thioether (sulfide) groups is 1. The molecule has 0 aliphatic carbocycles. The third-order valence-electron chi connectivity index (χ3n) is 2.16. The molecular weight excluding hydrogens is 216 g/mol. The van der Waals surface area contributed by atoms with Gasteiger partial charge in [-0.3, -0.25) is 9.20 Å². The lowest BCUT2D eigenvalue weighted by Crippen LogP contribution is -2.33. The van der Waals surface area contributed by atoms with Crippen LogP contribution in [0.15, 0.2) is 4.99 Å². The second-order valence-electron chi connectivity index (χ2n) is 3.75. The highest BCUT2D eigenvalue weighted by atomic mass is 32.2. The molecule has 1 aliphatic heterocycles. The van der Waals surface area contributed by atoms with Crippen molar-refractivity contribution < 1.29 is 4.21 Å². The van der Waals surface area contributed by atoms with Gasteiger partial charge in [0.05, 0.1) is 0 Å². The Morgan fingerprint density at radius 3 is 3.00 bits per heavy atom. The molecule has 1 aliphatic rings. The van der Waals surface area contributed by atoms with Crippen molar-refractivity contribution in [2.45, 2.75) is 19.1 Å². The van der Waals surface area contributed by atoms with Gasteiger partial charge >= 0.3 is 0 Å². The minimum absolute atomic E-state index is 0.192. The predicted octanol–water partition coefficient (Wildman–Crippen LogP) is 1.08. The molecule has 0 saturated heterocycles. The van der Waals surface area contributed by atoms with Crippen molar-refractivity contribution in [3.8, 4) is 0 Å². The van der Waals surface area contributed by atoms with E-state index >= 15 is 0 Å². The highest BCUT2D eigenvalue weighted by Gasteiger charge is 2.13. The molecule has 3 nitrogen and oxygen atoms in total. The molecule has 14 heavy (non-hydrogen) atoms. The van der Waals surface area contributed by atoms with Gasteiger partial charge in [-0.05, 0) is 12.8 Å². The Hall–Kier alpha value is -0.0300. The van der Waals surface area contributed by atoms with E-state index in [1.807, 2.05) is 6.92 Å². The van der Waals surface area contributed by atoms with Gasteiger partial charge in [0.2, 0.25) is 0 Å². The summed E-state index contributed by atoms with van der Waals surface area (Å²) in [5, 5.41) is 4.45. The zero-order valence-electron chi connectivity index (χ0n) is 8.95. The molecule has 1 heterocycles. The van der Waals surface area contributed by atoms with Gasteiger partial charge in [0.25, 0.3) is 0 Å². The van der Waals surface area contributed by atoms with E-state index in [-0.39, 0.29) is 5.25 Å². The summed E-state index contributed by atoms with van der Waals surface area (Å²) in [4.78, 5) is 4.41. The molecule has 0 amide bonds. The lowest BCUT2D eigenvalue weighted by atomic mass is 10.2. The first-order valence-corrected chi connectivity index (χ1v) is 7.43. The van der Waals surface area contributed by atoms with Crippen LogP contribution in [0.25, 0.3) is 0 Å². The molecular formula is C9H18N2OS2. The van der Waals surface area contributed by atoms with Gasteiger partial charge in [-0.25, -0.2) is 0 Å². The fourth-order valence-corrected chi connectivity index (χ4v) is 2.23. The van der Waals surface area contributed by atoms with Gasteiger partial charge in [0.15, 0.2) is 5.17 Å². The maximum Gasteiger partial charge on any atom is 0.156 e. The van der Waals surface area contributed by atoms with Gasteiger partial charge in [-0.2, -0.15) is 0 Å². The predicted molar refractivity (Wildman–Crippen MR) is 65.5 cm³/mol. The van der Waals surface area contributed by atoms with Crippen LogP contribution in [-0.2, 0) is 10.8 Å². The van der Waals surface area contributed by atoms with E-state index < -0.39 is 10.8 Å². The number of nitrogens with one attached hydrogen (secondary N) is 1. The zero-order valence-corrected chi connectivity index (χ0v) is 10.6. The van der Waals surface area contributed by atoms with Gasteiger partial charge in [-0.15, -0.1) is 0 Å². The Morgan fingerprint density at radius 1 is 1.79 bits per heavy atom. The fourth-order valence-electron chi connectivity index (χ4n) is 1.01. The van der Waals surface area contributed by atoms with Gasteiger partial charge in [0, 0.05) is 41.1 Å². The number of rotatable bonds is 3. The van der Waals surface area contributed by atoms with E-state index in [2.05, 4.69) is 17.2 Å². The standard InChI is InChI=1S/C9H18N2OS2/c1-7-4-10-9(13-6-7)11-5-8(2)14(3)12/h7-8H,4-6H2,1-3H3,(H,10,11). The largest absolute Gasteiger partial charge is 0.364 e. The Labute approximate surface area is 92.6 Å². The monoisotopic (exact) mass is 234 g/mol. The molecule has 3 unspecified atom stereocenters. The van der Waals surface area contributed by atoms with Crippen LogP contribution >= 0.6 is 11.8 Å². The number of nitrogens with zero attached hydrogens (tertiary/aromatic N) is 1. The summed E-state index contributed by atoms with van der Waals surface area (Å²) in [5.74, 6) is 1.82. The van der Waals surface area contributed by atoms with Gasteiger partial charge in [-0.1, -0.05) is 18.7 Å². The number of hydrogen-bond donors (Lipinski definition) is 1. The third-order valence-corrected chi connectivity index (χ3v) is 4.74. The average Bonchev–Trinajstić information content (AvgIpc) is 2.16. The Morgan fingerprint density at radius 2 is 2.50 bits per heavy atom. The first-order valence-electron chi connectivity index (χ1n) is 4.83. The van der Waals surface area contributed by atoms with E-state index in [1.54, 1.807) is 18.0 Å². The van der Waals surface area contributed by atoms with Gasteiger partial charge < -0.3 is 5.32 Å². The van der Waals surface area contributed by atoms with Crippen LogP contribution in [0, 0.1) is 5.92 Å². The molecule has 0 saturated carbocycles. The minimum atomic E-state index is -0.748. The molecule has 82 valence electrons. The zero-order chi connectivity index (χ0) is 10.6. The summed E-state index contributed by atoms with van der Waals surface area (Å²) in [6, 6.07) is 0. The summed E-state index contributed by atoms with van der Waals surface area (Å²) in [7, 11) is -0.748. The quantitative estimate of drug-likeness (QED) is 0.794. The summed E-state index contributed by atoms with van der Waals surface area (Å²) in [6.45, 7) is 5.86. The SMILES string of the molecule is CC1CN=C(NCC(C)S(C)=O)SC1. The van der Waals surface area contributed by atoms with Crippen molar-refractivity contribution >= 4 is 27.7 Å². The second-order valence-corrected chi connectivity index (χ2v) is 6.56. The average molecular weight is 234 g/mol. The fraction of sp³-hybridized carbons (Fsp3) is 0.889. The summed E-state index contributed by atoms with van der Waals surface area (Å²) < 4.78 is 11.1. The number of hydrogen-bond acceptors (Lipinski definition) is 4. The number of aliphatic imine (C=N–C) groups is 1. The molecule has 0 fully saturated rings. The normalized spacial score (nSPS) is 26.5. The number of amidine groups is 1. The minimum Gasteiger partial charge on any atom is -0.364 e. The Bertz CT molecular complexity index is 243. The van der Waals surface area contributed by atoms with E-state index in [0.717, 1.165) is 24.0 Å². The topological polar surface area (TPSA) is 41.5 Å². The van der Waals surface area contributed by atoms with Crippen molar-refractivity contribution in [2.75, 3.05) is 25.1 Å².